The highest BCUT2D eigenvalue weighted by Gasteiger charge is 2.48. The normalized spacial score (nSPS) is 30.9. The van der Waals surface area contributed by atoms with Crippen molar-refractivity contribution in [3.8, 4) is 0 Å². The fourth-order valence-electron chi connectivity index (χ4n) is 5.94. The molecule has 1 aliphatic carbocycles. The zero-order valence-electron chi connectivity index (χ0n) is 18.8. The van der Waals surface area contributed by atoms with Crippen LogP contribution in [0, 0.1) is 17.8 Å². The number of hydrogen-bond donors (Lipinski definition) is 1. The molecule has 1 saturated carbocycles. The van der Waals surface area contributed by atoms with Crippen molar-refractivity contribution in [3.05, 3.63) is 63.1 Å². The molecule has 2 fully saturated rings. The summed E-state index contributed by atoms with van der Waals surface area (Å²) in [7, 11) is 2.13. The van der Waals surface area contributed by atoms with Crippen LogP contribution in [0.5, 0.6) is 0 Å². The molecule has 5 nitrogen and oxygen atoms in total. The van der Waals surface area contributed by atoms with E-state index in [4.69, 9.17) is 39.9 Å². The molecule has 33 heavy (non-hydrogen) atoms. The van der Waals surface area contributed by atoms with Gasteiger partial charge in [0.05, 0.1) is 23.8 Å². The van der Waals surface area contributed by atoms with Crippen LogP contribution < -0.4 is 10.4 Å². The third-order valence-electron chi connectivity index (χ3n) is 7.45. The monoisotopic (exact) mass is 505 g/mol. The van der Waals surface area contributed by atoms with Crippen molar-refractivity contribution >= 4 is 52.1 Å². The SMILES string of the molecule is C[C@H]1C(C(=O)N[N+]2(C)CC3CCCC3C2)=NN(c2ccc(Cl)cc2Cl)[C@H]1c1ccc(Cl)cc1. The van der Waals surface area contributed by atoms with Gasteiger partial charge in [-0.3, -0.25) is 9.80 Å². The van der Waals surface area contributed by atoms with E-state index in [-0.39, 0.29) is 17.9 Å². The zero-order chi connectivity index (χ0) is 23.3. The van der Waals surface area contributed by atoms with Crippen LogP contribution in [-0.4, -0.2) is 36.3 Å². The van der Waals surface area contributed by atoms with Crippen LogP contribution in [-0.2, 0) is 4.79 Å². The van der Waals surface area contributed by atoms with Gasteiger partial charge in [-0.2, -0.15) is 10.5 Å². The molecule has 1 saturated heterocycles. The van der Waals surface area contributed by atoms with Gasteiger partial charge in [0, 0.05) is 27.8 Å². The maximum absolute atomic E-state index is 13.5. The van der Waals surface area contributed by atoms with E-state index in [1.165, 1.54) is 19.3 Å². The Kier molecular flexibility index (Phi) is 6.11. The Hall–Kier alpha value is -1.79. The number of fused-ring (bicyclic) bond motifs is 1. The number of hydrazone groups is 1. The maximum atomic E-state index is 13.5. The van der Waals surface area contributed by atoms with Crippen molar-refractivity contribution < 1.29 is 9.39 Å². The highest BCUT2D eigenvalue weighted by molar-refractivity contribution is 6.40. The number of likely N-dealkylation sites (tertiary alicyclic amines) is 1. The van der Waals surface area contributed by atoms with Crippen molar-refractivity contribution in [2.45, 2.75) is 32.2 Å². The second kappa shape index (κ2) is 8.77. The number of rotatable bonds is 4. The van der Waals surface area contributed by atoms with Crippen molar-refractivity contribution in [2.75, 3.05) is 25.1 Å². The molecule has 0 radical (unpaired) electrons. The summed E-state index contributed by atoms with van der Waals surface area (Å²) in [6, 6.07) is 12.8. The van der Waals surface area contributed by atoms with E-state index >= 15 is 0 Å². The molecule has 0 bridgehead atoms. The van der Waals surface area contributed by atoms with E-state index in [1.54, 1.807) is 12.1 Å². The van der Waals surface area contributed by atoms with E-state index in [0.717, 1.165) is 18.7 Å². The molecule has 2 aromatic rings. The van der Waals surface area contributed by atoms with Crippen LogP contribution >= 0.6 is 34.8 Å². The third kappa shape index (κ3) is 4.37. The van der Waals surface area contributed by atoms with Crippen LogP contribution in [0.2, 0.25) is 15.1 Å². The van der Waals surface area contributed by atoms with E-state index in [2.05, 4.69) is 12.5 Å². The van der Waals surface area contributed by atoms with Gasteiger partial charge in [0.25, 0.3) is 0 Å². The minimum atomic E-state index is -0.190. The van der Waals surface area contributed by atoms with E-state index < -0.39 is 0 Å². The summed E-state index contributed by atoms with van der Waals surface area (Å²) in [6.07, 6.45) is 3.85. The molecular formula is C25H28Cl3N4O+. The van der Waals surface area contributed by atoms with Gasteiger partial charge in [0.1, 0.15) is 18.8 Å². The quantitative estimate of drug-likeness (QED) is 0.509. The van der Waals surface area contributed by atoms with Gasteiger partial charge in [0.2, 0.25) is 0 Å². The number of carbonyl (C=O) groups excluding carboxylic acids is 1. The summed E-state index contributed by atoms with van der Waals surface area (Å²) < 4.78 is 0.577. The highest BCUT2D eigenvalue weighted by atomic mass is 35.5. The molecule has 0 aromatic heterocycles. The molecular weight excluding hydrogens is 479 g/mol. The average molecular weight is 507 g/mol. The first-order valence-electron chi connectivity index (χ1n) is 11.5. The predicted molar refractivity (Wildman–Crippen MR) is 135 cm³/mol. The smallest absolute Gasteiger partial charge is 0.263 e. The fraction of sp³-hybridized carbons (Fsp3) is 0.440. The van der Waals surface area contributed by atoms with Crippen molar-refractivity contribution in [2.24, 2.45) is 22.9 Å². The van der Waals surface area contributed by atoms with Gasteiger partial charge in [-0.05, 0) is 48.7 Å². The number of quaternary nitrogens is 1. The first-order chi connectivity index (χ1) is 15.7. The van der Waals surface area contributed by atoms with E-state index in [1.807, 2.05) is 42.3 Å². The summed E-state index contributed by atoms with van der Waals surface area (Å²) >= 11 is 18.8. The van der Waals surface area contributed by atoms with Gasteiger partial charge in [0.15, 0.2) is 0 Å². The number of carbonyl (C=O) groups is 1. The maximum Gasteiger partial charge on any atom is 0.312 e. The van der Waals surface area contributed by atoms with Gasteiger partial charge in [-0.15, -0.1) is 0 Å². The first kappa shape index (κ1) is 23.0. The molecule has 8 heteroatoms. The Morgan fingerprint density at radius 1 is 1.03 bits per heavy atom. The topological polar surface area (TPSA) is 44.7 Å². The Bertz CT molecular complexity index is 1090. The molecule has 1 amide bonds. The summed E-state index contributed by atoms with van der Waals surface area (Å²) in [5.74, 6) is 1.16. The molecule has 4 atom stereocenters. The average Bonchev–Trinajstić information content (AvgIpc) is 3.40. The van der Waals surface area contributed by atoms with Crippen LogP contribution in [0.3, 0.4) is 0 Å². The van der Waals surface area contributed by atoms with Crippen molar-refractivity contribution in [1.82, 2.24) is 5.43 Å². The lowest BCUT2D eigenvalue weighted by atomic mass is 9.91. The van der Waals surface area contributed by atoms with Crippen molar-refractivity contribution in [3.63, 3.8) is 0 Å². The lowest BCUT2D eigenvalue weighted by molar-refractivity contribution is -0.934. The van der Waals surface area contributed by atoms with Crippen LogP contribution in [0.15, 0.2) is 47.6 Å². The molecule has 2 aromatic carbocycles. The molecule has 2 unspecified atom stereocenters. The summed E-state index contributed by atoms with van der Waals surface area (Å²) in [6.45, 7) is 4.02. The molecule has 174 valence electrons. The number of amides is 1. The summed E-state index contributed by atoms with van der Waals surface area (Å²) in [5, 5.41) is 8.38. The number of benzene rings is 2. The van der Waals surface area contributed by atoms with Crippen LogP contribution in [0.1, 0.15) is 37.8 Å². The minimum Gasteiger partial charge on any atom is -0.263 e. The first-order valence-corrected chi connectivity index (χ1v) is 12.6. The lowest BCUT2D eigenvalue weighted by Gasteiger charge is -2.30. The number of nitrogens with one attached hydrogen (secondary N) is 1. The number of anilines is 1. The Morgan fingerprint density at radius 2 is 1.67 bits per heavy atom. The van der Waals surface area contributed by atoms with E-state index in [0.29, 0.717) is 42.9 Å². The summed E-state index contributed by atoms with van der Waals surface area (Å²) in [5.41, 5.74) is 5.54. The lowest BCUT2D eigenvalue weighted by Crippen LogP contribution is -2.58. The Balaban J connectivity index is 1.46. The number of nitrogens with zero attached hydrogens (tertiary/aromatic N) is 3. The van der Waals surface area contributed by atoms with Crippen LogP contribution in [0.25, 0.3) is 0 Å². The molecule has 0 spiro atoms. The fourth-order valence-corrected chi connectivity index (χ4v) is 6.56. The summed E-state index contributed by atoms with van der Waals surface area (Å²) in [4.78, 5) is 13.5. The number of hydrogen-bond acceptors (Lipinski definition) is 3. The third-order valence-corrected chi connectivity index (χ3v) is 8.24. The zero-order valence-corrected chi connectivity index (χ0v) is 21.0. The predicted octanol–water partition coefficient (Wildman–Crippen LogP) is 6.11. The molecule has 2 heterocycles. The van der Waals surface area contributed by atoms with E-state index in [9.17, 15) is 4.79 Å². The number of halogens is 3. The highest BCUT2D eigenvalue weighted by Crippen LogP contribution is 2.43. The van der Waals surface area contributed by atoms with Gasteiger partial charge in [-0.25, -0.2) is 4.59 Å². The van der Waals surface area contributed by atoms with Gasteiger partial charge >= 0.3 is 5.91 Å². The standard InChI is InChI=1S/C25H27Cl3N4O/c1-15-23(25(33)30-32(2)13-17-4-3-5-18(17)14-32)29-31(22-11-10-20(27)12-21(22)28)24(15)16-6-8-19(26)9-7-16/h6-12,15,17-18,24H,3-5,13-14H2,1-2H3/p+1/t15-,17?,18?,24+,32?/m0/s1. The minimum absolute atomic E-state index is 0.114. The second-order valence-electron chi connectivity index (χ2n) is 9.86. The molecule has 5 rings (SSSR count). The second-order valence-corrected chi connectivity index (χ2v) is 11.1. The molecule has 1 N–H and O–H groups in total. The van der Waals surface area contributed by atoms with Gasteiger partial charge in [-0.1, -0.05) is 60.3 Å². The van der Waals surface area contributed by atoms with Crippen LogP contribution in [0.4, 0.5) is 5.69 Å². The van der Waals surface area contributed by atoms with Crippen molar-refractivity contribution in [1.29, 1.82) is 0 Å². The Labute approximate surface area is 209 Å². The Morgan fingerprint density at radius 3 is 2.30 bits per heavy atom. The largest absolute Gasteiger partial charge is 0.312 e. The molecule has 2 aliphatic heterocycles. The van der Waals surface area contributed by atoms with Gasteiger partial charge < -0.3 is 0 Å². The molecule has 3 aliphatic rings.